The second kappa shape index (κ2) is 12.5. The second-order valence-corrected chi connectivity index (χ2v) is 9.46. The molecule has 1 saturated heterocycles. The van der Waals surface area contributed by atoms with Crippen LogP contribution >= 0.6 is 0 Å². The van der Waals surface area contributed by atoms with Crippen molar-refractivity contribution in [1.29, 1.82) is 0 Å². The largest absolute Gasteiger partial charge is 0.454 e. The molecule has 0 radical (unpaired) electrons. The monoisotopic (exact) mass is 520 g/mol. The van der Waals surface area contributed by atoms with Crippen LogP contribution in [0.15, 0.2) is 59.1 Å². The number of hydrogen-bond donors (Lipinski definition) is 0. The first-order chi connectivity index (χ1) is 18.4. The lowest BCUT2D eigenvalue weighted by molar-refractivity contribution is 0.0544. The minimum absolute atomic E-state index is 0.00790. The fourth-order valence-electron chi connectivity index (χ4n) is 4.55. The Morgan fingerprint density at radius 3 is 2.34 bits per heavy atom. The van der Waals surface area contributed by atoms with Gasteiger partial charge in [0, 0.05) is 50.2 Å². The summed E-state index contributed by atoms with van der Waals surface area (Å²) in [7, 11) is 0. The summed E-state index contributed by atoms with van der Waals surface area (Å²) >= 11 is 0. The number of benzene rings is 1. The number of rotatable bonds is 9. The number of carbonyl (C=O) groups excluding carboxylic acids is 3. The zero-order valence-corrected chi connectivity index (χ0v) is 22.4. The van der Waals surface area contributed by atoms with Crippen molar-refractivity contribution in [3.8, 4) is 0 Å². The van der Waals surface area contributed by atoms with Crippen molar-refractivity contribution in [3.63, 3.8) is 0 Å². The molecule has 202 valence electrons. The van der Waals surface area contributed by atoms with Crippen LogP contribution in [-0.2, 0) is 17.8 Å². The summed E-state index contributed by atoms with van der Waals surface area (Å²) < 4.78 is 13.0. The average molecular weight is 521 g/mol. The average Bonchev–Trinajstić information content (AvgIpc) is 3.58. The van der Waals surface area contributed by atoms with Gasteiger partial charge < -0.3 is 28.4 Å². The minimum Gasteiger partial charge on any atom is -0.454 e. The predicted molar refractivity (Wildman–Crippen MR) is 143 cm³/mol. The van der Waals surface area contributed by atoms with Crippen LogP contribution in [0.25, 0.3) is 0 Å². The highest BCUT2D eigenvalue weighted by Crippen LogP contribution is 2.17. The minimum atomic E-state index is -0.347. The normalized spacial score (nSPS) is 13.4. The van der Waals surface area contributed by atoms with E-state index in [1.165, 1.54) is 0 Å². The smallest absolute Gasteiger partial charge is 0.409 e. The number of carbonyl (C=O) groups is 3. The first-order valence-corrected chi connectivity index (χ1v) is 13.2. The van der Waals surface area contributed by atoms with Gasteiger partial charge in [0.1, 0.15) is 5.76 Å². The lowest BCUT2D eigenvalue weighted by atomic mass is 10.1. The topological polar surface area (TPSA) is 88.2 Å². The number of aryl methyl sites for hydroxylation is 1. The molecule has 1 aliphatic heterocycles. The summed E-state index contributed by atoms with van der Waals surface area (Å²) in [5.41, 5.74) is 2.78. The molecule has 0 atom stereocenters. The molecule has 1 aromatic carbocycles. The van der Waals surface area contributed by atoms with E-state index in [2.05, 4.69) is 6.92 Å². The summed E-state index contributed by atoms with van der Waals surface area (Å²) in [5, 5.41) is 0. The number of hydrogen-bond acceptors (Lipinski definition) is 5. The molecule has 4 rings (SSSR count). The molecular weight excluding hydrogens is 484 g/mol. The molecule has 0 unspecified atom stereocenters. The van der Waals surface area contributed by atoms with Gasteiger partial charge in [-0.1, -0.05) is 24.6 Å². The van der Waals surface area contributed by atoms with Gasteiger partial charge in [0.25, 0.3) is 11.8 Å². The van der Waals surface area contributed by atoms with Gasteiger partial charge in [-0.25, -0.2) is 4.79 Å². The number of piperazine rings is 1. The van der Waals surface area contributed by atoms with E-state index in [1.807, 2.05) is 65.1 Å². The summed E-state index contributed by atoms with van der Waals surface area (Å²) in [6.45, 7) is 9.47. The molecule has 1 aliphatic rings. The van der Waals surface area contributed by atoms with Crippen LogP contribution in [0.2, 0.25) is 0 Å². The molecule has 1 fully saturated rings. The van der Waals surface area contributed by atoms with Crippen molar-refractivity contribution < 1.29 is 23.5 Å². The van der Waals surface area contributed by atoms with Crippen molar-refractivity contribution in [2.75, 3.05) is 39.3 Å². The van der Waals surface area contributed by atoms with Crippen molar-refractivity contribution >= 4 is 17.9 Å². The summed E-state index contributed by atoms with van der Waals surface area (Å²) in [4.78, 5) is 43.2. The van der Waals surface area contributed by atoms with E-state index in [1.54, 1.807) is 22.8 Å². The third-order valence-corrected chi connectivity index (χ3v) is 6.65. The number of furan rings is 1. The number of ether oxygens (including phenoxy) is 1. The van der Waals surface area contributed by atoms with Crippen LogP contribution in [0.3, 0.4) is 0 Å². The van der Waals surface area contributed by atoms with Crippen LogP contribution in [0, 0.1) is 6.92 Å². The van der Waals surface area contributed by atoms with Gasteiger partial charge in [-0.2, -0.15) is 0 Å². The molecule has 2 aromatic heterocycles. The van der Waals surface area contributed by atoms with Gasteiger partial charge in [0.2, 0.25) is 0 Å². The zero-order chi connectivity index (χ0) is 27.1. The van der Waals surface area contributed by atoms with Crippen molar-refractivity contribution in [2.45, 2.75) is 40.3 Å². The lowest BCUT2D eigenvalue weighted by Crippen LogP contribution is -2.50. The highest BCUT2D eigenvalue weighted by molar-refractivity contribution is 5.94. The van der Waals surface area contributed by atoms with Gasteiger partial charge in [-0.05, 0) is 56.7 Å². The van der Waals surface area contributed by atoms with E-state index in [0.717, 1.165) is 17.7 Å². The van der Waals surface area contributed by atoms with Crippen molar-refractivity contribution in [1.82, 2.24) is 19.3 Å². The van der Waals surface area contributed by atoms with Crippen LogP contribution < -0.4 is 0 Å². The lowest BCUT2D eigenvalue weighted by Gasteiger charge is -2.33. The standard InChI is InChI=1S/C29H36N4O5/c1-4-14-33(27(34)23-10-8-22(3)9-11-23)20-24-7-6-15-32(24)21-25-12-13-26(38-25)28(35)30-16-18-31(19-17-30)29(36)37-5-2/h6-13,15H,4-5,14,16-21H2,1-3H3. The van der Waals surface area contributed by atoms with Gasteiger partial charge in [-0.3, -0.25) is 9.59 Å². The van der Waals surface area contributed by atoms with E-state index in [-0.39, 0.29) is 23.7 Å². The molecule has 0 aliphatic carbocycles. The summed E-state index contributed by atoms with van der Waals surface area (Å²) in [6.07, 6.45) is 2.46. The fraction of sp³-hybridized carbons (Fsp3) is 0.414. The third kappa shape index (κ3) is 6.45. The Kier molecular flexibility index (Phi) is 8.89. The molecule has 3 aromatic rings. The van der Waals surface area contributed by atoms with Gasteiger partial charge in [-0.15, -0.1) is 0 Å². The highest BCUT2D eigenvalue weighted by Gasteiger charge is 2.27. The maximum atomic E-state index is 13.2. The first-order valence-electron chi connectivity index (χ1n) is 13.2. The van der Waals surface area contributed by atoms with E-state index in [4.69, 9.17) is 9.15 Å². The number of amides is 3. The summed E-state index contributed by atoms with van der Waals surface area (Å²) in [5.74, 6) is 0.752. The van der Waals surface area contributed by atoms with E-state index < -0.39 is 0 Å². The molecular formula is C29H36N4O5. The Bertz CT molecular complexity index is 1240. The molecule has 0 bridgehead atoms. The Morgan fingerprint density at radius 1 is 0.947 bits per heavy atom. The Balaban J connectivity index is 1.38. The van der Waals surface area contributed by atoms with Crippen molar-refractivity contribution in [3.05, 3.63) is 83.1 Å². The van der Waals surface area contributed by atoms with Gasteiger partial charge >= 0.3 is 6.09 Å². The number of nitrogens with zero attached hydrogens (tertiary/aromatic N) is 4. The van der Waals surface area contributed by atoms with Gasteiger partial charge in [0.15, 0.2) is 5.76 Å². The molecule has 0 spiro atoms. The Hall–Kier alpha value is -4.01. The Labute approximate surface area is 223 Å². The van der Waals surface area contributed by atoms with Crippen LogP contribution in [0.5, 0.6) is 0 Å². The van der Waals surface area contributed by atoms with Gasteiger partial charge in [0.05, 0.1) is 19.7 Å². The quantitative estimate of drug-likeness (QED) is 0.417. The predicted octanol–water partition coefficient (Wildman–Crippen LogP) is 4.40. The first kappa shape index (κ1) is 27.0. The van der Waals surface area contributed by atoms with E-state index >= 15 is 0 Å². The Morgan fingerprint density at radius 2 is 1.66 bits per heavy atom. The molecule has 0 saturated carbocycles. The molecule has 0 N–H and O–H groups in total. The molecule has 38 heavy (non-hydrogen) atoms. The SMILES string of the molecule is CCCN(Cc1cccn1Cc1ccc(C(=O)N2CCN(C(=O)OCC)CC2)o1)C(=O)c1ccc(C)cc1. The van der Waals surface area contributed by atoms with Crippen LogP contribution in [-0.4, -0.2) is 76.5 Å². The van der Waals surface area contributed by atoms with Crippen LogP contribution in [0.4, 0.5) is 4.79 Å². The third-order valence-electron chi connectivity index (χ3n) is 6.65. The molecule has 9 nitrogen and oxygen atoms in total. The van der Waals surface area contributed by atoms with E-state index in [9.17, 15) is 14.4 Å². The maximum absolute atomic E-state index is 13.2. The second-order valence-electron chi connectivity index (χ2n) is 9.46. The zero-order valence-electron chi connectivity index (χ0n) is 22.4. The molecule has 3 heterocycles. The van der Waals surface area contributed by atoms with Crippen LogP contribution in [0.1, 0.15) is 58.2 Å². The fourth-order valence-corrected chi connectivity index (χ4v) is 4.55. The number of aromatic nitrogens is 1. The van der Waals surface area contributed by atoms with E-state index in [0.29, 0.717) is 63.7 Å². The molecule has 9 heteroatoms. The maximum Gasteiger partial charge on any atom is 0.409 e. The molecule has 3 amide bonds. The highest BCUT2D eigenvalue weighted by atomic mass is 16.6. The van der Waals surface area contributed by atoms with Crippen molar-refractivity contribution in [2.24, 2.45) is 0 Å². The summed E-state index contributed by atoms with van der Waals surface area (Å²) in [6, 6.07) is 15.1.